The fourth-order valence-corrected chi connectivity index (χ4v) is 3.72. The maximum atomic E-state index is 10.9. The topological polar surface area (TPSA) is 58.6 Å². The molecule has 3 rings (SSSR count). The molecule has 0 saturated heterocycles. The van der Waals surface area contributed by atoms with Crippen molar-refractivity contribution in [3.05, 3.63) is 65.9 Å². The summed E-state index contributed by atoms with van der Waals surface area (Å²) in [4.78, 5) is 4.76. The molecule has 0 aliphatic heterocycles. The third-order valence-electron chi connectivity index (χ3n) is 5.45. The lowest BCUT2D eigenvalue weighted by Gasteiger charge is -2.41. The number of aryl methyl sites for hydroxylation is 1. The molecule has 120 valence electrons. The Morgan fingerprint density at radius 3 is 2.61 bits per heavy atom. The van der Waals surface area contributed by atoms with E-state index in [9.17, 15) is 5.11 Å². The molecule has 23 heavy (non-hydrogen) atoms. The van der Waals surface area contributed by atoms with E-state index in [0.29, 0.717) is 12.8 Å². The van der Waals surface area contributed by atoms with E-state index in [1.54, 1.807) is 12.3 Å². The standard InChI is InChI=1S/C20H24N2O/c1-4-20(23)10-9-16-11-18(15(13-21)12-19(16,20)3)22-17-7-5-14(2)6-8-17/h4-8,11,13,23H,1,9-10,12,21H2,2-3H3/t19-,20+/m0/s1. The molecule has 2 atom stereocenters. The van der Waals surface area contributed by atoms with E-state index >= 15 is 0 Å². The largest absolute Gasteiger partial charge is 0.404 e. The van der Waals surface area contributed by atoms with Crippen LogP contribution in [-0.2, 0) is 0 Å². The Morgan fingerprint density at radius 2 is 2.00 bits per heavy atom. The van der Waals surface area contributed by atoms with E-state index in [1.807, 2.05) is 12.1 Å². The summed E-state index contributed by atoms with van der Waals surface area (Å²) in [5.41, 5.74) is 9.89. The van der Waals surface area contributed by atoms with E-state index < -0.39 is 5.60 Å². The van der Waals surface area contributed by atoms with E-state index in [2.05, 4.69) is 38.6 Å². The molecular formula is C20H24N2O. The highest BCUT2D eigenvalue weighted by atomic mass is 16.3. The van der Waals surface area contributed by atoms with Crippen molar-refractivity contribution in [2.75, 3.05) is 0 Å². The summed E-state index contributed by atoms with van der Waals surface area (Å²) < 4.78 is 0. The van der Waals surface area contributed by atoms with Gasteiger partial charge in [-0.25, -0.2) is 4.99 Å². The monoisotopic (exact) mass is 308 g/mol. The Balaban J connectivity index is 2.06. The van der Waals surface area contributed by atoms with Crippen LogP contribution in [0.2, 0.25) is 0 Å². The van der Waals surface area contributed by atoms with Crippen molar-refractivity contribution < 1.29 is 5.11 Å². The molecule has 3 heteroatoms. The minimum Gasteiger partial charge on any atom is -0.404 e. The lowest BCUT2D eigenvalue weighted by molar-refractivity contribution is 0.00671. The van der Waals surface area contributed by atoms with Crippen molar-refractivity contribution in [3.8, 4) is 0 Å². The first-order valence-corrected chi connectivity index (χ1v) is 8.05. The highest BCUT2D eigenvalue weighted by molar-refractivity contribution is 6.11. The number of hydrogen-bond donors (Lipinski definition) is 2. The molecule has 0 unspecified atom stereocenters. The third kappa shape index (κ3) is 2.45. The van der Waals surface area contributed by atoms with Gasteiger partial charge in [-0.15, -0.1) is 6.58 Å². The van der Waals surface area contributed by atoms with Gasteiger partial charge in [0, 0.05) is 5.41 Å². The predicted octanol–water partition coefficient (Wildman–Crippen LogP) is 3.96. The smallest absolute Gasteiger partial charge is 0.0921 e. The molecule has 0 bridgehead atoms. The first-order valence-electron chi connectivity index (χ1n) is 8.05. The minimum absolute atomic E-state index is 0.341. The summed E-state index contributed by atoms with van der Waals surface area (Å²) in [6.07, 6.45) is 7.65. The second-order valence-corrected chi connectivity index (χ2v) is 6.83. The first-order chi connectivity index (χ1) is 10.9. The van der Waals surface area contributed by atoms with Crippen LogP contribution in [0.5, 0.6) is 0 Å². The lowest BCUT2D eigenvalue weighted by atomic mass is 9.66. The van der Waals surface area contributed by atoms with E-state index in [1.165, 1.54) is 11.1 Å². The molecule has 2 aliphatic rings. The van der Waals surface area contributed by atoms with Gasteiger partial charge in [0.1, 0.15) is 0 Å². The number of hydrogen-bond acceptors (Lipinski definition) is 3. The molecule has 0 aromatic heterocycles. The summed E-state index contributed by atoms with van der Waals surface area (Å²) in [5, 5.41) is 10.9. The van der Waals surface area contributed by atoms with Gasteiger partial charge in [0.05, 0.1) is 17.0 Å². The Hall–Kier alpha value is -2.13. The number of fused-ring (bicyclic) bond motifs is 1. The van der Waals surface area contributed by atoms with Crippen molar-refractivity contribution in [2.45, 2.75) is 38.7 Å². The average Bonchev–Trinajstić information content (AvgIpc) is 2.81. The van der Waals surface area contributed by atoms with Gasteiger partial charge in [-0.3, -0.25) is 0 Å². The number of nitrogens with two attached hydrogens (primary N) is 1. The van der Waals surface area contributed by atoms with Crippen molar-refractivity contribution in [1.82, 2.24) is 0 Å². The van der Waals surface area contributed by atoms with Gasteiger partial charge in [-0.2, -0.15) is 0 Å². The van der Waals surface area contributed by atoms with Gasteiger partial charge in [-0.1, -0.05) is 36.3 Å². The highest BCUT2D eigenvalue weighted by Crippen LogP contribution is 2.56. The predicted molar refractivity (Wildman–Crippen MR) is 95.7 cm³/mol. The van der Waals surface area contributed by atoms with Crippen LogP contribution in [0.1, 0.15) is 31.7 Å². The molecule has 2 aliphatic carbocycles. The zero-order valence-corrected chi connectivity index (χ0v) is 13.8. The fraction of sp³-hybridized carbons (Fsp3) is 0.350. The second kappa shape index (κ2) is 5.50. The molecule has 3 nitrogen and oxygen atoms in total. The van der Waals surface area contributed by atoms with Gasteiger partial charge in [0.15, 0.2) is 0 Å². The molecule has 1 fully saturated rings. The number of benzene rings is 1. The van der Waals surface area contributed by atoms with Gasteiger partial charge < -0.3 is 10.8 Å². The SMILES string of the molecule is C=C[C@@]1(O)CCC2=CC(=Nc3ccc(C)cc3)C(=CN)C[C@@]21C. The van der Waals surface area contributed by atoms with Gasteiger partial charge >= 0.3 is 0 Å². The van der Waals surface area contributed by atoms with Crippen molar-refractivity contribution in [3.63, 3.8) is 0 Å². The van der Waals surface area contributed by atoms with Crippen LogP contribution in [0.15, 0.2) is 65.3 Å². The van der Waals surface area contributed by atoms with Crippen LogP contribution < -0.4 is 5.73 Å². The number of rotatable bonds is 2. The lowest BCUT2D eigenvalue weighted by Crippen LogP contribution is -2.43. The zero-order valence-electron chi connectivity index (χ0n) is 13.8. The number of nitrogens with zero attached hydrogens (tertiary/aromatic N) is 1. The van der Waals surface area contributed by atoms with E-state index in [0.717, 1.165) is 23.4 Å². The van der Waals surface area contributed by atoms with Crippen LogP contribution in [0.4, 0.5) is 5.69 Å². The average molecular weight is 308 g/mol. The molecule has 0 spiro atoms. The summed E-state index contributed by atoms with van der Waals surface area (Å²) in [6, 6.07) is 8.13. The van der Waals surface area contributed by atoms with Crippen molar-refractivity contribution in [2.24, 2.45) is 16.1 Å². The first kappa shape index (κ1) is 15.8. The quantitative estimate of drug-likeness (QED) is 0.813. The van der Waals surface area contributed by atoms with Gasteiger partial charge in [0.2, 0.25) is 0 Å². The molecule has 0 amide bonds. The molecule has 0 heterocycles. The van der Waals surface area contributed by atoms with Gasteiger partial charge in [-0.05, 0) is 56.2 Å². The Kier molecular flexibility index (Phi) is 3.77. The van der Waals surface area contributed by atoms with Crippen LogP contribution in [-0.4, -0.2) is 16.4 Å². The molecule has 3 N–H and O–H groups in total. The van der Waals surface area contributed by atoms with Crippen LogP contribution >= 0.6 is 0 Å². The Bertz CT molecular complexity index is 727. The zero-order chi connectivity index (χ0) is 16.7. The molecule has 0 radical (unpaired) electrons. The Morgan fingerprint density at radius 1 is 1.30 bits per heavy atom. The van der Waals surface area contributed by atoms with E-state index in [4.69, 9.17) is 10.7 Å². The normalized spacial score (nSPS) is 33.6. The van der Waals surface area contributed by atoms with Crippen LogP contribution in [0, 0.1) is 12.3 Å². The number of aliphatic imine (C=N–C) groups is 1. The second-order valence-electron chi connectivity index (χ2n) is 6.83. The van der Waals surface area contributed by atoms with Crippen molar-refractivity contribution >= 4 is 11.4 Å². The van der Waals surface area contributed by atoms with Crippen LogP contribution in [0.3, 0.4) is 0 Å². The maximum absolute atomic E-state index is 10.9. The summed E-state index contributed by atoms with van der Waals surface area (Å²) in [7, 11) is 0. The van der Waals surface area contributed by atoms with Gasteiger partial charge in [0.25, 0.3) is 0 Å². The molecule has 1 aromatic carbocycles. The summed E-state index contributed by atoms with van der Waals surface area (Å²) in [5.74, 6) is 0. The van der Waals surface area contributed by atoms with Crippen LogP contribution in [0.25, 0.3) is 0 Å². The highest BCUT2D eigenvalue weighted by Gasteiger charge is 2.53. The molecular weight excluding hydrogens is 284 g/mol. The summed E-state index contributed by atoms with van der Waals surface area (Å²) in [6.45, 7) is 8.00. The van der Waals surface area contributed by atoms with E-state index in [-0.39, 0.29) is 5.41 Å². The van der Waals surface area contributed by atoms with Crippen molar-refractivity contribution in [1.29, 1.82) is 0 Å². The minimum atomic E-state index is -0.873. The molecule has 1 saturated carbocycles. The fourth-order valence-electron chi connectivity index (χ4n) is 3.72. The summed E-state index contributed by atoms with van der Waals surface area (Å²) >= 11 is 0. The third-order valence-corrected chi connectivity index (χ3v) is 5.45. The Labute approximate surface area is 137 Å². The number of allylic oxidation sites excluding steroid dienone is 2. The maximum Gasteiger partial charge on any atom is 0.0921 e. The number of aliphatic hydroxyl groups is 1. The molecule has 1 aromatic rings.